The van der Waals surface area contributed by atoms with Gasteiger partial charge in [0.25, 0.3) is 5.91 Å². The first-order valence-corrected chi connectivity index (χ1v) is 9.05. The molecule has 1 aliphatic heterocycles. The zero-order valence-electron chi connectivity index (χ0n) is 14.8. The molecule has 1 amide bonds. The summed E-state index contributed by atoms with van der Waals surface area (Å²) in [5, 5.41) is 4.03. The molecule has 1 fully saturated rings. The number of pyridine rings is 1. The minimum absolute atomic E-state index is 0.194. The first-order valence-electron chi connectivity index (χ1n) is 9.05. The molecule has 1 saturated heterocycles. The van der Waals surface area contributed by atoms with E-state index in [0.29, 0.717) is 30.3 Å². The fraction of sp³-hybridized carbons (Fsp3) is 0.200. The Morgan fingerprint density at radius 3 is 2.75 bits per heavy atom. The average molecular weight is 377 g/mol. The number of halogens is 1. The van der Waals surface area contributed by atoms with Crippen molar-refractivity contribution in [1.29, 1.82) is 0 Å². The third-order valence-electron chi connectivity index (χ3n) is 4.95. The molecule has 28 heavy (non-hydrogen) atoms. The van der Waals surface area contributed by atoms with Gasteiger partial charge in [0.15, 0.2) is 5.69 Å². The van der Waals surface area contributed by atoms with E-state index in [2.05, 4.69) is 15.1 Å². The lowest BCUT2D eigenvalue weighted by molar-refractivity contribution is 0.0699. The van der Waals surface area contributed by atoms with Gasteiger partial charge >= 0.3 is 0 Å². The Morgan fingerprint density at radius 2 is 1.93 bits per heavy atom. The number of rotatable bonds is 3. The Bertz CT molecular complexity index is 1150. The standard InChI is InChI=1S/C20H16FN5O2/c21-17-16(22-15-10-4-5-11-26(15)17)20(27)25-12-6-9-14(25)19-23-18(24-28-19)13-7-2-1-3-8-13/h1-5,7-8,10-11,14H,6,9,12H2/t14-/m1/s1. The highest BCUT2D eigenvalue weighted by molar-refractivity contribution is 5.93. The third-order valence-corrected chi connectivity index (χ3v) is 4.95. The van der Waals surface area contributed by atoms with E-state index in [1.54, 1.807) is 29.3 Å². The van der Waals surface area contributed by atoms with E-state index in [9.17, 15) is 9.18 Å². The number of likely N-dealkylation sites (tertiary alicyclic amines) is 1. The summed E-state index contributed by atoms with van der Waals surface area (Å²) in [7, 11) is 0. The molecule has 5 rings (SSSR count). The Labute approximate surface area is 159 Å². The van der Waals surface area contributed by atoms with E-state index in [0.717, 1.165) is 12.0 Å². The van der Waals surface area contributed by atoms with Crippen LogP contribution < -0.4 is 0 Å². The minimum atomic E-state index is -0.665. The molecule has 0 unspecified atom stereocenters. The van der Waals surface area contributed by atoms with Crippen LogP contribution >= 0.6 is 0 Å². The van der Waals surface area contributed by atoms with Crippen molar-refractivity contribution in [2.45, 2.75) is 18.9 Å². The quantitative estimate of drug-likeness (QED) is 0.546. The first kappa shape index (κ1) is 16.6. The number of carbonyl (C=O) groups excluding carboxylic acids is 1. The molecule has 0 N–H and O–H groups in total. The predicted octanol–water partition coefficient (Wildman–Crippen LogP) is 3.50. The molecule has 7 nitrogen and oxygen atoms in total. The van der Waals surface area contributed by atoms with Gasteiger partial charge in [-0.25, -0.2) is 4.98 Å². The molecule has 3 aromatic heterocycles. The molecular weight excluding hydrogens is 361 g/mol. The fourth-order valence-electron chi connectivity index (χ4n) is 3.58. The second-order valence-corrected chi connectivity index (χ2v) is 6.66. The number of benzene rings is 1. The van der Waals surface area contributed by atoms with Crippen molar-refractivity contribution < 1.29 is 13.7 Å². The van der Waals surface area contributed by atoms with Crippen LogP contribution in [0.5, 0.6) is 0 Å². The van der Waals surface area contributed by atoms with Crippen molar-refractivity contribution in [3.63, 3.8) is 0 Å². The molecule has 140 valence electrons. The summed E-state index contributed by atoms with van der Waals surface area (Å²) in [6.07, 6.45) is 2.99. The van der Waals surface area contributed by atoms with Gasteiger partial charge in [0.2, 0.25) is 17.7 Å². The maximum absolute atomic E-state index is 14.7. The van der Waals surface area contributed by atoms with Gasteiger partial charge in [-0.05, 0) is 25.0 Å². The molecule has 0 saturated carbocycles. The number of imidazole rings is 1. The lowest BCUT2D eigenvalue weighted by Crippen LogP contribution is -2.31. The molecule has 0 radical (unpaired) electrons. The van der Waals surface area contributed by atoms with Crippen molar-refractivity contribution in [3.8, 4) is 11.4 Å². The molecule has 0 bridgehead atoms. The third kappa shape index (κ3) is 2.65. The van der Waals surface area contributed by atoms with Crippen LogP contribution in [-0.2, 0) is 0 Å². The first-order chi connectivity index (χ1) is 13.7. The molecule has 1 aromatic carbocycles. The SMILES string of the molecule is O=C(c1nc2ccccn2c1F)N1CCC[C@@H]1c1nc(-c2ccccc2)no1. The van der Waals surface area contributed by atoms with Crippen molar-refractivity contribution in [1.82, 2.24) is 24.4 Å². The summed E-state index contributed by atoms with van der Waals surface area (Å²) in [5.41, 5.74) is 1.03. The Balaban J connectivity index is 1.46. The number of aromatic nitrogens is 4. The highest BCUT2D eigenvalue weighted by atomic mass is 19.1. The Kier molecular flexibility index (Phi) is 3.89. The summed E-state index contributed by atoms with van der Waals surface area (Å²) in [6.45, 7) is 0.486. The van der Waals surface area contributed by atoms with Crippen LogP contribution in [0.1, 0.15) is 35.3 Å². The predicted molar refractivity (Wildman–Crippen MR) is 97.9 cm³/mol. The van der Waals surface area contributed by atoms with Gasteiger partial charge < -0.3 is 9.42 Å². The second kappa shape index (κ2) is 6.56. The summed E-state index contributed by atoms with van der Waals surface area (Å²) in [4.78, 5) is 23.2. The van der Waals surface area contributed by atoms with Crippen molar-refractivity contribution in [3.05, 3.63) is 72.3 Å². The summed E-state index contributed by atoms with van der Waals surface area (Å²) < 4.78 is 21.4. The average Bonchev–Trinajstić information content (AvgIpc) is 3.47. The summed E-state index contributed by atoms with van der Waals surface area (Å²) in [6, 6.07) is 14.2. The topological polar surface area (TPSA) is 76.5 Å². The molecule has 1 atom stereocenters. The lowest BCUT2D eigenvalue weighted by Gasteiger charge is -2.20. The van der Waals surface area contributed by atoms with E-state index >= 15 is 0 Å². The molecule has 0 spiro atoms. The summed E-state index contributed by atoms with van der Waals surface area (Å²) in [5.74, 6) is -0.312. The van der Waals surface area contributed by atoms with Crippen molar-refractivity contribution in [2.75, 3.05) is 6.54 Å². The van der Waals surface area contributed by atoms with Gasteiger partial charge in [-0.3, -0.25) is 9.20 Å². The molecule has 4 aromatic rings. The van der Waals surface area contributed by atoms with Gasteiger partial charge in [-0.15, -0.1) is 0 Å². The zero-order chi connectivity index (χ0) is 19.1. The zero-order valence-corrected chi connectivity index (χ0v) is 14.8. The van der Waals surface area contributed by atoms with E-state index in [4.69, 9.17) is 4.52 Å². The molecule has 4 heterocycles. The summed E-state index contributed by atoms with van der Waals surface area (Å²) >= 11 is 0. The van der Waals surface area contributed by atoms with Gasteiger partial charge in [0.05, 0.1) is 0 Å². The van der Waals surface area contributed by atoms with Crippen molar-refractivity contribution >= 4 is 11.6 Å². The highest BCUT2D eigenvalue weighted by Gasteiger charge is 2.37. The maximum Gasteiger partial charge on any atom is 0.277 e. The number of hydrogen-bond acceptors (Lipinski definition) is 5. The normalized spacial score (nSPS) is 16.8. The molecule has 1 aliphatic rings. The minimum Gasteiger partial charge on any atom is -0.337 e. The van der Waals surface area contributed by atoms with Crippen molar-refractivity contribution in [2.24, 2.45) is 0 Å². The van der Waals surface area contributed by atoms with Gasteiger partial charge in [-0.2, -0.15) is 9.37 Å². The fourth-order valence-corrected chi connectivity index (χ4v) is 3.58. The molecule has 8 heteroatoms. The van der Waals surface area contributed by atoms with E-state index in [1.807, 2.05) is 30.3 Å². The van der Waals surface area contributed by atoms with E-state index < -0.39 is 11.9 Å². The van der Waals surface area contributed by atoms with Crippen LogP contribution in [0.3, 0.4) is 0 Å². The van der Waals surface area contributed by atoms with Crippen LogP contribution in [0, 0.1) is 5.95 Å². The number of carbonyl (C=O) groups is 1. The highest BCUT2D eigenvalue weighted by Crippen LogP contribution is 2.33. The van der Waals surface area contributed by atoms with Crippen LogP contribution in [-0.4, -0.2) is 36.9 Å². The van der Waals surface area contributed by atoms with Gasteiger partial charge in [0, 0.05) is 18.3 Å². The van der Waals surface area contributed by atoms with Crippen LogP contribution in [0.4, 0.5) is 4.39 Å². The van der Waals surface area contributed by atoms with E-state index in [1.165, 1.54) is 4.40 Å². The largest absolute Gasteiger partial charge is 0.337 e. The van der Waals surface area contributed by atoms with Gasteiger partial charge in [0.1, 0.15) is 11.7 Å². The lowest BCUT2D eigenvalue weighted by atomic mass is 10.2. The Hall–Kier alpha value is -3.55. The second-order valence-electron chi connectivity index (χ2n) is 6.66. The maximum atomic E-state index is 14.7. The number of fused-ring (bicyclic) bond motifs is 1. The van der Waals surface area contributed by atoms with Gasteiger partial charge in [-0.1, -0.05) is 41.6 Å². The van der Waals surface area contributed by atoms with Crippen LogP contribution in [0.25, 0.3) is 17.0 Å². The smallest absolute Gasteiger partial charge is 0.277 e. The molecule has 0 aliphatic carbocycles. The van der Waals surface area contributed by atoms with Crippen LogP contribution in [0.2, 0.25) is 0 Å². The van der Waals surface area contributed by atoms with Crippen LogP contribution in [0.15, 0.2) is 59.3 Å². The number of nitrogens with zero attached hydrogens (tertiary/aromatic N) is 5. The molecular formula is C20H16FN5O2. The number of hydrogen-bond donors (Lipinski definition) is 0. The number of amides is 1. The Morgan fingerprint density at radius 1 is 1.11 bits per heavy atom. The monoisotopic (exact) mass is 377 g/mol. The van der Waals surface area contributed by atoms with E-state index in [-0.39, 0.29) is 11.7 Å².